The van der Waals surface area contributed by atoms with Crippen LogP contribution in [0.15, 0.2) is 59.7 Å². The van der Waals surface area contributed by atoms with Crippen molar-refractivity contribution < 1.29 is 9.53 Å². The molecule has 34 heavy (non-hydrogen) atoms. The average Bonchev–Trinajstić information content (AvgIpc) is 2.87. The van der Waals surface area contributed by atoms with Gasteiger partial charge in [0.15, 0.2) is 0 Å². The Hall–Kier alpha value is -2.62. The topological polar surface area (TPSA) is 50.7 Å². The first kappa shape index (κ1) is 27.6. The zero-order valence-corrected chi connectivity index (χ0v) is 21.1. The molecule has 0 unspecified atom stereocenters. The molecule has 1 N–H and O–H groups in total. The van der Waals surface area contributed by atoms with Crippen LogP contribution in [0, 0.1) is 0 Å². The molecule has 0 saturated heterocycles. The van der Waals surface area contributed by atoms with E-state index in [4.69, 9.17) is 4.74 Å². The molecule has 0 aliphatic rings. The molecule has 0 aromatic heterocycles. The van der Waals surface area contributed by atoms with E-state index in [1.54, 1.807) is 6.21 Å². The van der Waals surface area contributed by atoms with E-state index < -0.39 is 0 Å². The number of carbonyl (C=O) groups excluding carboxylic acids is 1. The summed E-state index contributed by atoms with van der Waals surface area (Å²) in [5, 5.41) is 4.08. The third kappa shape index (κ3) is 13.8. The summed E-state index contributed by atoms with van der Waals surface area (Å²) in [5.41, 5.74) is 4.70. The highest BCUT2D eigenvalue weighted by molar-refractivity contribution is 5.82. The van der Waals surface area contributed by atoms with Crippen molar-refractivity contribution in [3.63, 3.8) is 0 Å². The third-order valence-electron chi connectivity index (χ3n) is 6.04. The Kier molecular flexibility index (Phi) is 15.2. The number of nitrogens with one attached hydrogen (secondary N) is 1. The number of nitrogens with zero attached hydrogens (tertiary/aromatic N) is 1. The number of hydrogen-bond donors (Lipinski definition) is 1. The Balaban J connectivity index is 1.44. The molecule has 4 heteroatoms. The number of benzene rings is 2. The van der Waals surface area contributed by atoms with E-state index in [0.29, 0.717) is 13.0 Å². The fourth-order valence-electron chi connectivity index (χ4n) is 3.93. The van der Waals surface area contributed by atoms with Gasteiger partial charge in [-0.1, -0.05) is 114 Å². The van der Waals surface area contributed by atoms with Gasteiger partial charge in [-0.2, -0.15) is 5.10 Å². The molecule has 2 aromatic rings. The van der Waals surface area contributed by atoms with Crippen LogP contribution in [0.5, 0.6) is 5.75 Å². The predicted molar refractivity (Wildman–Crippen MR) is 143 cm³/mol. The maximum Gasteiger partial charge on any atom is 0.240 e. The standard InChI is InChI=1S/C30H44N2O2/c1-2-3-4-5-6-7-8-9-10-11-12-13-17-20-30(33)32-31-25-27-21-23-29(24-22-27)34-26-28-18-15-14-16-19-28/h14-16,18-19,21-25H,2-13,17,20,26H2,1H3,(H,32,33)/b31-25+. The number of hydrazone groups is 1. The van der Waals surface area contributed by atoms with E-state index in [1.165, 1.54) is 70.6 Å². The van der Waals surface area contributed by atoms with Crippen LogP contribution in [0.2, 0.25) is 0 Å². The minimum Gasteiger partial charge on any atom is -0.489 e. The molecule has 0 aliphatic carbocycles. The Morgan fingerprint density at radius 3 is 1.91 bits per heavy atom. The minimum absolute atomic E-state index is 0.0119. The fourth-order valence-corrected chi connectivity index (χ4v) is 3.93. The molecule has 0 atom stereocenters. The van der Waals surface area contributed by atoms with Gasteiger partial charge in [-0.3, -0.25) is 4.79 Å². The molecule has 0 saturated carbocycles. The molecule has 2 rings (SSSR count). The lowest BCUT2D eigenvalue weighted by Crippen LogP contribution is -2.16. The van der Waals surface area contributed by atoms with Gasteiger partial charge >= 0.3 is 0 Å². The molecular weight excluding hydrogens is 420 g/mol. The van der Waals surface area contributed by atoms with Crippen LogP contribution < -0.4 is 10.2 Å². The van der Waals surface area contributed by atoms with Crippen LogP contribution in [0.25, 0.3) is 0 Å². The molecule has 4 nitrogen and oxygen atoms in total. The van der Waals surface area contributed by atoms with E-state index in [2.05, 4.69) is 17.5 Å². The van der Waals surface area contributed by atoms with Crippen LogP contribution in [-0.2, 0) is 11.4 Å². The van der Waals surface area contributed by atoms with Gasteiger partial charge in [0.25, 0.3) is 0 Å². The fraction of sp³-hybridized carbons (Fsp3) is 0.533. The van der Waals surface area contributed by atoms with Gasteiger partial charge in [-0.15, -0.1) is 0 Å². The summed E-state index contributed by atoms with van der Waals surface area (Å²) in [5.74, 6) is 0.801. The van der Waals surface area contributed by atoms with Crippen LogP contribution in [0.3, 0.4) is 0 Å². The van der Waals surface area contributed by atoms with E-state index in [-0.39, 0.29) is 5.91 Å². The number of ether oxygens (including phenoxy) is 1. The van der Waals surface area contributed by atoms with Crippen LogP contribution >= 0.6 is 0 Å². The zero-order valence-electron chi connectivity index (χ0n) is 21.1. The highest BCUT2D eigenvalue weighted by Gasteiger charge is 2.00. The molecule has 1 amide bonds. The van der Waals surface area contributed by atoms with Crippen molar-refractivity contribution in [2.24, 2.45) is 5.10 Å². The van der Waals surface area contributed by atoms with Gasteiger partial charge in [0.1, 0.15) is 12.4 Å². The minimum atomic E-state index is -0.0119. The first-order valence-electron chi connectivity index (χ1n) is 13.4. The lowest BCUT2D eigenvalue weighted by Gasteiger charge is -2.06. The first-order valence-corrected chi connectivity index (χ1v) is 13.4. The Morgan fingerprint density at radius 1 is 0.765 bits per heavy atom. The van der Waals surface area contributed by atoms with Gasteiger partial charge in [0, 0.05) is 6.42 Å². The number of unbranched alkanes of at least 4 members (excludes halogenated alkanes) is 12. The third-order valence-corrected chi connectivity index (χ3v) is 6.04. The van der Waals surface area contributed by atoms with Crippen molar-refractivity contribution >= 4 is 12.1 Å². The number of amides is 1. The van der Waals surface area contributed by atoms with Gasteiger partial charge in [0.05, 0.1) is 6.21 Å². The van der Waals surface area contributed by atoms with Crippen molar-refractivity contribution in [2.75, 3.05) is 0 Å². The normalized spacial score (nSPS) is 11.1. The lowest BCUT2D eigenvalue weighted by atomic mass is 10.0. The monoisotopic (exact) mass is 464 g/mol. The average molecular weight is 465 g/mol. The number of carbonyl (C=O) groups is 1. The van der Waals surface area contributed by atoms with Crippen molar-refractivity contribution in [1.82, 2.24) is 5.43 Å². The predicted octanol–water partition coefficient (Wildman–Crippen LogP) is 8.20. The van der Waals surface area contributed by atoms with Crippen LogP contribution in [0.1, 0.15) is 108 Å². The summed E-state index contributed by atoms with van der Waals surface area (Å²) in [6, 6.07) is 17.8. The van der Waals surface area contributed by atoms with E-state index in [0.717, 1.165) is 29.7 Å². The largest absolute Gasteiger partial charge is 0.489 e. The second kappa shape index (κ2) is 18.8. The van der Waals surface area contributed by atoms with Gasteiger partial charge in [-0.25, -0.2) is 5.43 Å². The van der Waals surface area contributed by atoms with Crippen molar-refractivity contribution in [3.05, 3.63) is 65.7 Å². The SMILES string of the molecule is CCCCCCCCCCCCCCCC(=O)N/N=C/c1ccc(OCc2ccccc2)cc1. The van der Waals surface area contributed by atoms with Gasteiger partial charge in [-0.05, 0) is 41.8 Å². The molecule has 186 valence electrons. The molecule has 0 spiro atoms. The molecular formula is C30H44N2O2. The maximum absolute atomic E-state index is 12.0. The van der Waals surface area contributed by atoms with Crippen LogP contribution in [-0.4, -0.2) is 12.1 Å². The summed E-state index contributed by atoms with van der Waals surface area (Å²) in [6.45, 7) is 2.81. The van der Waals surface area contributed by atoms with Crippen molar-refractivity contribution in [1.29, 1.82) is 0 Å². The highest BCUT2D eigenvalue weighted by Crippen LogP contribution is 2.14. The summed E-state index contributed by atoms with van der Waals surface area (Å²) < 4.78 is 5.79. The molecule has 0 heterocycles. The zero-order chi connectivity index (χ0) is 24.1. The highest BCUT2D eigenvalue weighted by atomic mass is 16.5. The number of rotatable bonds is 19. The first-order chi connectivity index (χ1) is 16.8. The van der Waals surface area contributed by atoms with E-state index in [1.807, 2.05) is 54.6 Å². The lowest BCUT2D eigenvalue weighted by molar-refractivity contribution is -0.121. The van der Waals surface area contributed by atoms with E-state index in [9.17, 15) is 4.79 Å². The summed E-state index contributed by atoms with van der Waals surface area (Å²) in [6.07, 6.45) is 19.2. The smallest absolute Gasteiger partial charge is 0.240 e. The van der Waals surface area contributed by atoms with E-state index >= 15 is 0 Å². The Bertz CT molecular complexity index is 787. The second-order valence-corrected chi connectivity index (χ2v) is 9.13. The Labute approximate surface area is 207 Å². The van der Waals surface area contributed by atoms with Crippen molar-refractivity contribution in [3.8, 4) is 5.75 Å². The summed E-state index contributed by atoms with van der Waals surface area (Å²) in [4.78, 5) is 12.0. The maximum atomic E-state index is 12.0. The quantitative estimate of drug-likeness (QED) is 0.129. The van der Waals surface area contributed by atoms with Gasteiger partial charge in [0.2, 0.25) is 5.91 Å². The second-order valence-electron chi connectivity index (χ2n) is 9.13. The number of hydrogen-bond acceptors (Lipinski definition) is 3. The molecule has 0 radical (unpaired) electrons. The molecule has 0 bridgehead atoms. The summed E-state index contributed by atoms with van der Waals surface area (Å²) in [7, 11) is 0. The van der Waals surface area contributed by atoms with Crippen LogP contribution in [0.4, 0.5) is 0 Å². The van der Waals surface area contributed by atoms with Gasteiger partial charge < -0.3 is 4.74 Å². The summed E-state index contributed by atoms with van der Waals surface area (Å²) >= 11 is 0. The van der Waals surface area contributed by atoms with Crippen molar-refractivity contribution in [2.45, 2.75) is 103 Å². The molecule has 0 fully saturated rings. The molecule has 2 aromatic carbocycles. The molecule has 0 aliphatic heterocycles. The Morgan fingerprint density at radius 2 is 1.32 bits per heavy atom.